The van der Waals surface area contributed by atoms with Crippen molar-refractivity contribution in [1.29, 1.82) is 0 Å². The number of hydrogen-bond acceptors (Lipinski definition) is 7. The molecule has 32 heavy (non-hydrogen) atoms. The molecule has 0 fully saturated rings. The van der Waals surface area contributed by atoms with Gasteiger partial charge in [0.25, 0.3) is 0 Å². The number of sulfonamides is 1. The van der Waals surface area contributed by atoms with Crippen molar-refractivity contribution in [2.75, 3.05) is 32.3 Å². The van der Waals surface area contributed by atoms with Gasteiger partial charge in [-0.25, -0.2) is 8.42 Å². The molecule has 0 aliphatic carbocycles. The Morgan fingerprint density at radius 3 is 2.28 bits per heavy atom. The Morgan fingerprint density at radius 1 is 0.938 bits per heavy atom. The fraction of sp³-hybridized carbons (Fsp3) is 0.217. The second-order valence-corrected chi connectivity index (χ2v) is 8.96. The minimum absolute atomic E-state index is 0.441. The number of pyridine rings is 1. The van der Waals surface area contributed by atoms with Gasteiger partial charge in [0, 0.05) is 23.0 Å². The third-order valence-corrected chi connectivity index (χ3v) is 5.67. The van der Waals surface area contributed by atoms with E-state index in [-0.39, 0.29) is 0 Å². The number of nitrogens with one attached hydrogen (secondary N) is 1. The molecule has 9 heteroatoms. The summed E-state index contributed by atoms with van der Waals surface area (Å²) in [5.41, 5.74) is 5.52. The summed E-state index contributed by atoms with van der Waals surface area (Å²) in [5, 5.41) is 0. The van der Waals surface area contributed by atoms with E-state index in [0.717, 1.165) is 39.9 Å². The molecule has 4 rings (SSSR count). The summed E-state index contributed by atoms with van der Waals surface area (Å²) in [4.78, 5) is 9.25. The van der Waals surface area contributed by atoms with Crippen LogP contribution < -0.4 is 18.9 Å². The highest BCUT2D eigenvalue weighted by atomic mass is 32.2. The van der Waals surface area contributed by atoms with Crippen LogP contribution in [0.5, 0.6) is 17.2 Å². The molecular weight excluding hydrogens is 430 g/mol. The first-order valence-electron chi connectivity index (χ1n) is 9.76. The molecule has 0 spiro atoms. The Hall–Kier alpha value is -3.59. The number of fused-ring (bicyclic) bond motifs is 1. The maximum Gasteiger partial charge on any atom is 0.229 e. The predicted octanol–water partition coefficient (Wildman–Crippen LogP) is 3.50. The summed E-state index contributed by atoms with van der Waals surface area (Å²) in [6, 6.07) is 12.8. The third kappa shape index (κ3) is 4.11. The number of aliphatic imine (C=N–C) groups is 1. The van der Waals surface area contributed by atoms with Gasteiger partial charge >= 0.3 is 0 Å². The molecule has 0 radical (unpaired) electrons. The van der Waals surface area contributed by atoms with Crippen molar-refractivity contribution in [1.82, 2.24) is 4.98 Å². The van der Waals surface area contributed by atoms with E-state index in [9.17, 15) is 8.42 Å². The van der Waals surface area contributed by atoms with E-state index in [0.29, 0.717) is 29.5 Å². The molecule has 2 aromatic carbocycles. The van der Waals surface area contributed by atoms with Crippen LogP contribution >= 0.6 is 0 Å². The Labute approximate surface area is 186 Å². The van der Waals surface area contributed by atoms with Crippen molar-refractivity contribution in [3.63, 3.8) is 0 Å². The summed E-state index contributed by atoms with van der Waals surface area (Å²) in [7, 11) is 1.30. The predicted molar refractivity (Wildman–Crippen MR) is 124 cm³/mol. The lowest BCUT2D eigenvalue weighted by Crippen LogP contribution is -2.09. The van der Waals surface area contributed by atoms with Gasteiger partial charge in [0.1, 0.15) is 0 Å². The second kappa shape index (κ2) is 8.51. The molecule has 0 bridgehead atoms. The van der Waals surface area contributed by atoms with Crippen molar-refractivity contribution in [3.05, 3.63) is 65.5 Å². The Morgan fingerprint density at radius 2 is 1.66 bits per heavy atom. The molecule has 2 heterocycles. The van der Waals surface area contributed by atoms with Crippen molar-refractivity contribution >= 4 is 21.4 Å². The molecule has 1 aromatic heterocycles. The normalized spacial score (nSPS) is 12.7. The topological polar surface area (TPSA) is 99.1 Å². The van der Waals surface area contributed by atoms with Gasteiger partial charge in [-0.1, -0.05) is 12.1 Å². The monoisotopic (exact) mass is 453 g/mol. The number of ether oxygens (including phenoxy) is 3. The molecule has 3 aromatic rings. The second-order valence-electron chi connectivity index (χ2n) is 7.21. The lowest BCUT2D eigenvalue weighted by atomic mass is 9.93. The van der Waals surface area contributed by atoms with Crippen LogP contribution in [0, 0.1) is 0 Å². The highest BCUT2D eigenvalue weighted by molar-refractivity contribution is 7.92. The largest absolute Gasteiger partial charge is 0.493 e. The molecule has 0 unspecified atom stereocenters. The van der Waals surface area contributed by atoms with Gasteiger partial charge < -0.3 is 14.2 Å². The number of anilines is 1. The molecule has 0 saturated carbocycles. The summed E-state index contributed by atoms with van der Waals surface area (Å²) < 4.78 is 42.3. The molecule has 166 valence electrons. The van der Waals surface area contributed by atoms with Gasteiger partial charge in [-0.15, -0.1) is 0 Å². The minimum atomic E-state index is -3.39. The van der Waals surface area contributed by atoms with E-state index in [1.165, 1.54) is 0 Å². The smallest absolute Gasteiger partial charge is 0.229 e. The van der Waals surface area contributed by atoms with Crippen molar-refractivity contribution in [2.45, 2.75) is 6.54 Å². The fourth-order valence-corrected chi connectivity index (χ4v) is 4.34. The number of methoxy groups -OCH3 is 3. The molecule has 0 amide bonds. The van der Waals surface area contributed by atoms with Gasteiger partial charge in [0.2, 0.25) is 15.8 Å². The first-order chi connectivity index (χ1) is 15.3. The van der Waals surface area contributed by atoms with Gasteiger partial charge in [-0.05, 0) is 41.5 Å². The maximum absolute atomic E-state index is 11.7. The lowest BCUT2D eigenvalue weighted by molar-refractivity contribution is 0.324. The first kappa shape index (κ1) is 21.6. The zero-order valence-corrected chi connectivity index (χ0v) is 19.0. The van der Waals surface area contributed by atoms with Gasteiger partial charge in [-0.3, -0.25) is 14.7 Å². The highest BCUT2D eigenvalue weighted by Crippen LogP contribution is 2.41. The molecule has 1 aliphatic heterocycles. The average molecular weight is 454 g/mol. The maximum atomic E-state index is 11.7. The summed E-state index contributed by atoms with van der Waals surface area (Å²) in [6.07, 6.45) is 2.86. The van der Waals surface area contributed by atoms with Gasteiger partial charge in [0.05, 0.1) is 45.5 Å². The van der Waals surface area contributed by atoms with E-state index in [2.05, 4.69) is 9.71 Å². The quantitative estimate of drug-likeness (QED) is 0.588. The number of benzene rings is 2. The Balaban J connectivity index is 1.84. The lowest BCUT2D eigenvalue weighted by Gasteiger charge is -2.16. The SMILES string of the molecule is COc1cc(C2=NCc3nccc(-c4cccc(NS(C)(=O)=O)c4)c32)cc(OC)c1OC. The average Bonchev–Trinajstić information content (AvgIpc) is 3.21. The van der Waals surface area contributed by atoms with Crippen molar-refractivity contribution in [2.24, 2.45) is 4.99 Å². The number of rotatable bonds is 7. The first-order valence-corrected chi connectivity index (χ1v) is 11.6. The Kier molecular flexibility index (Phi) is 5.75. The van der Waals surface area contributed by atoms with Crippen LogP contribution in [0.4, 0.5) is 5.69 Å². The van der Waals surface area contributed by atoms with Crippen LogP contribution in [0.3, 0.4) is 0 Å². The zero-order valence-electron chi connectivity index (χ0n) is 18.2. The third-order valence-electron chi connectivity index (χ3n) is 5.07. The molecule has 1 aliphatic rings. The summed E-state index contributed by atoms with van der Waals surface area (Å²) in [5.74, 6) is 1.56. The van der Waals surface area contributed by atoms with Crippen LogP contribution in [0.2, 0.25) is 0 Å². The van der Waals surface area contributed by atoms with Gasteiger partial charge in [0.15, 0.2) is 11.5 Å². The molecule has 8 nitrogen and oxygen atoms in total. The van der Waals surface area contributed by atoms with E-state index in [1.54, 1.807) is 45.7 Å². The fourth-order valence-electron chi connectivity index (χ4n) is 3.78. The van der Waals surface area contributed by atoms with Gasteiger partial charge in [-0.2, -0.15) is 0 Å². The number of nitrogens with zero attached hydrogens (tertiary/aromatic N) is 2. The summed E-state index contributed by atoms with van der Waals surface area (Å²) in [6.45, 7) is 0.441. The van der Waals surface area contributed by atoms with E-state index >= 15 is 0 Å². The highest BCUT2D eigenvalue weighted by Gasteiger charge is 2.25. The van der Waals surface area contributed by atoms with E-state index < -0.39 is 10.0 Å². The zero-order chi connectivity index (χ0) is 22.9. The van der Waals surface area contributed by atoms with Crippen molar-refractivity contribution < 1.29 is 22.6 Å². The minimum Gasteiger partial charge on any atom is -0.493 e. The van der Waals surface area contributed by atoms with E-state index in [1.807, 2.05) is 24.3 Å². The standard InChI is InChI=1S/C23H23N3O5S/c1-29-19-11-15(12-20(30-2)23(19)31-3)22-21-17(8-9-24-18(21)13-25-22)14-6-5-7-16(10-14)26-32(4,27)28/h5-12,26H,13H2,1-4H3. The molecular formula is C23H23N3O5S. The van der Waals surface area contributed by atoms with Crippen LogP contribution in [0.15, 0.2) is 53.7 Å². The number of hydrogen-bond donors (Lipinski definition) is 1. The van der Waals surface area contributed by atoms with E-state index in [4.69, 9.17) is 19.2 Å². The van der Waals surface area contributed by atoms with Crippen LogP contribution in [-0.4, -0.2) is 46.7 Å². The van der Waals surface area contributed by atoms with Crippen LogP contribution in [-0.2, 0) is 16.6 Å². The molecule has 1 N–H and O–H groups in total. The molecule has 0 saturated heterocycles. The molecule has 0 atom stereocenters. The van der Waals surface area contributed by atoms with Crippen LogP contribution in [0.25, 0.3) is 11.1 Å². The Bertz CT molecular complexity index is 1290. The summed E-state index contributed by atoms with van der Waals surface area (Å²) >= 11 is 0. The van der Waals surface area contributed by atoms with Crippen LogP contribution in [0.1, 0.15) is 16.8 Å². The van der Waals surface area contributed by atoms with Crippen molar-refractivity contribution in [3.8, 4) is 28.4 Å². The number of aromatic nitrogens is 1.